The molecule has 0 unspecified atom stereocenters. The van der Waals surface area contributed by atoms with Gasteiger partial charge in [0.15, 0.2) is 17.3 Å². The zero-order valence-electron chi connectivity index (χ0n) is 8.73. The van der Waals surface area contributed by atoms with Crippen LogP contribution in [-0.2, 0) is 6.61 Å². The van der Waals surface area contributed by atoms with Crippen molar-refractivity contribution >= 4 is 11.6 Å². The molecule has 88 valence electrons. The number of hydrogen-bond donors (Lipinski definition) is 1. The molecule has 5 heteroatoms. The minimum atomic E-state index is -0.637. The van der Waals surface area contributed by atoms with E-state index in [4.69, 9.17) is 21.4 Å². The molecule has 0 aliphatic heterocycles. The summed E-state index contributed by atoms with van der Waals surface area (Å²) in [7, 11) is 0. The zero-order valence-corrected chi connectivity index (χ0v) is 9.49. The number of nitrogens with zero attached hydrogens (tertiary/aromatic N) is 1. The topological polar surface area (TPSA) is 42.4 Å². The maximum Gasteiger partial charge on any atom is 0.184 e. The van der Waals surface area contributed by atoms with Gasteiger partial charge < -0.3 is 9.84 Å². The fraction of sp³-hybridized carbons (Fsp3) is 0.0833. The van der Waals surface area contributed by atoms with Crippen molar-refractivity contribution in [2.24, 2.45) is 0 Å². The van der Waals surface area contributed by atoms with E-state index < -0.39 is 5.82 Å². The predicted octanol–water partition coefficient (Wildman–Crippen LogP) is 3.16. The van der Waals surface area contributed by atoms with Gasteiger partial charge in [-0.25, -0.2) is 4.39 Å². The summed E-state index contributed by atoms with van der Waals surface area (Å²) in [5, 5.41) is 9.08. The molecule has 0 amide bonds. The molecule has 1 aromatic heterocycles. The number of aromatic nitrogens is 1. The van der Waals surface area contributed by atoms with Crippen LogP contribution in [-0.4, -0.2) is 10.1 Å². The minimum Gasteiger partial charge on any atom is -0.452 e. The van der Waals surface area contributed by atoms with Gasteiger partial charge in [0.1, 0.15) is 0 Å². The van der Waals surface area contributed by atoms with Crippen molar-refractivity contribution in [1.82, 2.24) is 4.98 Å². The van der Waals surface area contributed by atoms with Crippen molar-refractivity contribution in [3.8, 4) is 11.5 Å². The van der Waals surface area contributed by atoms with Crippen LogP contribution in [0.25, 0.3) is 0 Å². The van der Waals surface area contributed by atoms with E-state index in [9.17, 15) is 4.39 Å². The summed E-state index contributed by atoms with van der Waals surface area (Å²) < 4.78 is 18.9. The van der Waals surface area contributed by atoms with E-state index >= 15 is 0 Å². The van der Waals surface area contributed by atoms with Gasteiger partial charge in [0.2, 0.25) is 0 Å². The van der Waals surface area contributed by atoms with Gasteiger partial charge in [-0.3, -0.25) is 4.98 Å². The van der Waals surface area contributed by atoms with Crippen LogP contribution in [0.15, 0.2) is 36.7 Å². The van der Waals surface area contributed by atoms with Crippen LogP contribution in [0.4, 0.5) is 4.39 Å². The van der Waals surface area contributed by atoms with Crippen LogP contribution in [0.3, 0.4) is 0 Å². The molecule has 0 fully saturated rings. The molecule has 0 aliphatic rings. The Morgan fingerprint density at radius 3 is 2.88 bits per heavy atom. The fourth-order valence-corrected chi connectivity index (χ4v) is 1.48. The second-order valence-corrected chi connectivity index (χ2v) is 3.70. The summed E-state index contributed by atoms with van der Waals surface area (Å²) in [4.78, 5) is 3.85. The highest BCUT2D eigenvalue weighted by atomic mass is 35.5. The second kappa shape index (κ2) is 5.12. The molecule has 2 aromatic rings. The van der Waals surface area contributed by atoms with E-state index in [2.05, 4.69) is 4.98 Å². The number of ether oxygens (including phenoxy) is 1. The highest BCUT2D eigenvalue weighted by Crippen LogP contribution is 2.30. The largest absolute Gasteiger partial charge is 0.452 e. The highest BCUT2D eigenvalue weighted by Gasteiger charge is 2.10. The summed E-state index contributed by atoms with van der Waals surface area (Å²) in [6.07, 6.45) is 2.93. The molecule has 17 heavy (non-hydrogen) atoms. The van der Waals surface area contributed by atoms with E-state index in [1.807, 2.05) is 0 Å². The molecule has 0 spiro atoms. The average molecular weight is 254 g/mol. The molecular formula is C12H9ClFNO2. The van der Waals surface area contributed by atoms with E-state index in [0.717, 1.165) is 0 Å². The van der Waals surface area contributed by atoms with E-state index in [0.29, 0.717) is 11.3 Å². The van der Waals surface area contributed by atoms with Gasteiger partial charge in [0.25, 0.3) is 0 Å². The second-order valence-electron chi connectivity index (χ2n) is 3.30. The van der Waals surface area contributed by atoms with Crippen LogP contribution in [0.2, 0.25) is 5.02 Å². The third-order valence-corrected chi connectivity index (χ3v) is 2.47. The van der Waals surface area contributed by atoms with E-state index in [1.54, 1.807) is 12.1 Å². The Balaban J connectivity index is 2.35. The number of pyridine rings is 1. The Morgan fingerprint density at radius 1 is 1.29 bits per heavy atom. The Hall–Kier alpha value is -1.65. The van der Waals surface area contributed by atoms with Gasteiger partial charge in [-0.15, -0.1) is 0 Å². The number of halogens is 2. The summed E-state index contributed by atoms with van der Waals surface area (Å²) in [6, 6.07) is 6.06. The van der Waals surface area contributed by atoms with Crippen molar-refractivity contribution in [3.63, 3.8) is 0 Å². The number of hydrogen-bond acceptors (Lipinski definition) is 3. The van der Waals surface area contributed by atoms with Crippen molar-refractivity contribution in [2.75, 3.05) is 0 Å². The lowest BCUT2D eigenvalue weighted by Gasteiger charge is -2.09. The van der Waals surface area contributed by atoms with E-state index in [1.165, 1.54) is 24.5 Å². The van der Waals surface area contributed by atoms with Crippen molar-refractivity contribution < 1.29 is 14.2 Å². The lowest BCUT2D eigenvalue weighted by molar-refractivity contribution is 0.275. The van der Waals surface area contributed by atoms with Crippen LogP contribution < -0.4 is 4.74 Å². The zero-order chi connectivity index (χ0) is 12.3. The molecule has 1 heterocycles. The van der Waals surface area contributed by atoms with Gasteiger partial charge in [-0.05, 0) is 18.2 Å². The Bertz CT molecular complexity index is 534. The van der Waals surface area contributed by atoms with Gasteiger partial charge in [0, 0.05) is 11.8 Å². The minimum absolute atomic E-state index is 0.000185. The van der Waals surface area contributed by atoms with Crippen LogP contribution in [0.5, 0.6) is 11.5 Å². The number of aliphatic hydroxyl groups excluding tert-OH is 1. The molecular weight excluding hydrogens is 245 g/mol. The summed E-state index contributed by atoms with van der Waals surface area (Å²) >= 11 is 5.63. The lowest BCUT2D eigenvalue weighted by atomic mass is 10.2. The molecule has 1 aromatic carbocycles. The van der Waals surface area contributed by atoms with E-state index in [-0.39, 0.29) is 17.4 Å². The number of benzene rings is 1. The van der Waals surface area contributed by atoms with Crippen molar-refractivity contribution in [1.29, 1.82) is 0 Å². The number of aliphatic hydroxyl groups is 1. The molecule has 0 bridgehead atoms. The first kappa shape index (κ1) is 11.8. The SMILES string of the molecule is OCc1ccncc1Oc1cccc(Cl)c1F. The number of rotatable bonds is 3. The molecule has 1 N–H and O–H groups in total. The molecule has 0 aliphatic carbocycles. The average Bonchev–Trinajstić information content (AvgIpc) is 2.35. The predicted molar refractivity (Wildman–Crippen MR) is 61.6 cm³/mol. The quantitative estimate of drug-likeness (QED) is 0.914. The normalized spacial score (nSPS) is 10.3. The Morgan fingerprint density at radius 2 is 2.12 bits per heavy atom. The Labute approximate surface area is 102 Å². The fourth-order valence-electron chi connectivity index (χ4n) is 1.31. The molecule has 0 radical (unpaired) electrons. The third-order valence-electron chi connectivity index (χ3n) is 2.18. The lowest BCUT2D eigenvalue weighted by Crippen LogP contribution is -1.94. The monoisotopic (exact) mass is 253 g/mol. The highest BCUT2D eigenvalue weighted by molar-refractivity contribution is 6.30. The molecule has 0 saturated heterocycles. The van der Waals surface area contributed by atoms with Crippen molar-refractivity contribution in [2.45, 2.75) is 6.61 Å². The van der Waals surface area contributed by atoms with Gasteiger partial charge in [-0.2, -0.15) is 0 Å². The smallest absolute Gasteiger partial charge is 0.184 e. The molecule has 2 rings (SSSR count). The summed E-state index contributed by atoms with van der Waals surface area (Å²) in [5.41, 5.74) is 0.527. The first-order valence-electron chi connectivity index (χ1n) is 4.88. The summed E-state index contributed by atoms with van der Waals surface area (Å²) in [5.74, 6) is -0.335. The van der Waals surface area contributed by atoms with Crippen LogP contribution in [0.1, 0.15) is 5.56 Å². The van der Waals surface area contributed by atoms with Crippen LogP contribution in [0, 0.1) is 5.82 Å². The maximum absolute atomic E-state index is 13.6. The van der Waals surface area contributed by atoms with Crippen molar-refractivity contribution in [3.05, 3.63) is 53.1 Å². The standard InChI is InChI=1S/C12H9ClFNO2/c13-9-2-1-3-10(12(9)14)17-11-6-15-5-4-8(11)7-16/h1-6,16H,7H2. The third kappa shape index (κ3) is 2.54. The maximum atomic E-state index is 13.6. The summed E-state index contributed by atoms with van der Waals surface area (Å²) in [6.45, 7) is -0.208. The Kier molecular flexibility index (Phi) is 3.56. The molecule has 0 atom stereocenters. The van der Waals surface area contributed by atoms with Gasteiger partial charge in [0.05, 0.1) is 17.8 Å². The molecule has 3 nitrogen and oxygen atoms in total. The first-order chi connectivity index (χ1) is 8.22. The van der Waals surface area contributed by atoms with Gasteiger partial charge >= 0.3 is 0 Å². The van der Waals surface area contributed by atoms with Crippen LogP contribution >= 0.6 is 11.6 Å². The molecule has 0 saturated carbocycles. The van der Waals surface area contributed by atoms with Gasteiger partial charge in [-0.1, -0.05) is 17.7 Å². The first-order valence-corrected chi connectivity index (χ1v) is 5.26.